The Balaban J connectivity index is 1.97. The predicted molar refractivity (Wildman–Crippen MR) is 76.5 cm³/mol. The number of nitrogens with one attached hydrogen (secondary N) is 2. The zero-order valence-corrected chi connectivity index (χ0v) is 12.0. The highest BCUT2D eigenvalue weighted by Gasteiger charge is 2.32. The largest absolute Gasteiger partial charge is 0.354 e. The summed E-state index contributed by atoms with van der Waals surface area (Å²) < 4.78 is 0. The first kappa shape index (κ1) is 14.4. The molecular weight excluding hydrogens is 278 g/mol. The van der Waals surface area contributed by atoms with Crippen molar-refractivity contribution in [3.05, 3.63) is 18.5 Å². The molecule has 0 aliphatic carbocycles. The number of amides is 2. The summed E-state index contributed by atoms with van der Waals surface area (Å²) in [6.07, 6.45) is 3.27. The van der Waals surface area contributed by atoms with E-state index in [1.807, 2.05) is 13.8 Å². The number of aliphatic imine (C=N–C) groups is 1. The number of thioether (sulfide) groups is 1. The number of hydrogen-bond donors (Lipinski definition) is 2. The molecule has 0 bridgehead atoms. The van der Waals surface area contributed by atoms with Crippen LogP contribution >= 0.6 is 11.8 Å². The number of hydrogen-bond acceptors (Lipinski definition) is 6. The van der Waals surface area contributed by atoms with Crippen molar-refractivity contribution in [2.45, 2.75) is 31.6 Å². The molecule has 7 nitrogen and oxygen atoms in total. The zero-order chi connectivity index (χ0) is 14.5. The van der Waals surface area contributed by atoms with E-state index in [4.69, 9.17) is 0 Å². The molecular formula is C12H15N5O2S. The maximum atomic E-state index is 11.8. The van der Waals surface area contributed by atoms with Gasteiger partial charge in [0.2, 0.25) is 11.8 Å². The third-order valence-electron chi connectivity index (χ3n) is 2.35. The monoisotopic (exact) mass is 293 g/mol. The van der Waals surface area contributed by atoms with Gasteiger partial charge in [0.15, 0.2) is 5.17 Å². The van der Waals surface area contributed by atoms with E-state index in [1.165, 1.54) is 11.8 Å². The van der Waals surface area contributed by atoms with Crippen molar-refractivity contribution in [1.82, 2.24) is 20.6 Å². The maximum Gasteiger partial charge on any atom is 0.251 e. The van der Waals surface area contributed by atoms with Gasteiger partial charge in [-0.05, 0) is 19.9 Å². The minimum absolute atomic E-state index is 0.0582. The molecule has 1 unspecified atom stereocenters. The number of carbonyl (C=O) groups excluding carboxylic acids is 2. The summed E-state index contributed by atoms with van der Waals surface area (Å²) in [5.74, 6) is -0.0870. The second-order valence-corrected chi connectivity index (χ2v) is 5.68. The average molecular weight is 293 g/mol. The quantitative estimate of drug-likeness (QED) is 0.848. The van der Waals surface area contributed by atoms with Crippen LogP contribution in [0.3, 0.4) is 0 Å². The van der Waals surface area contributed by atoms with Crippen molar-refractivity contribution < 1.29 is 9.59 Å². The van der Waals surface area contributed by atoms with Gasteiger partial charge < -0.3 is 10.6 Å². The van der Waals surface area contributed by atoms with E-state index >= 15 is 0 Å². The first-order valence-electron chi connectivity index (χ1n) is 6.17. The molecule has 2 rings (SSSR count). The molecule has 8 heteroatoms. The molecule has 0 aromatic carbocycles. The van der Waals surface area contributed by atoms with Crippen molar-refractivity contribution in [2.75, 3.05) is 0 Å². The highest BCUT2D eigenvalue weighted by atomic mass is 32.2. The van der Waals surface area contributed by atoms with E-state index in [-0.39, 0.29) is 30.2 Å². The van der Waals surface area contributed by atoms with Gasteiger partial charge in [0.25, 0.3) is 5.95 Å². The summed E-state index contributed by atoms with van der Waals surface area (Å²) >= 11 is 1.22. The smallest absolute Gasteiger partial charge is 0.251 e. The molecule has 1 atom stereocenters. The fraction of sp³-hybridized carbons (Fsp3) is 0.417. The summed E-state index contributed by atoms with van der Waals surface area (Å²) in [6, 6.07) is 1.74. The van der Waals surface area contributed by atoms with Crippen molar-refractivity contribution in [1.29, 1.82) is 0 Å². The average Bonchev–Trinajstić information content (AvgIpc) is 2.69. The Kier molecular flexibility index (Phi) is 4.67. The van der Waals surface area contributed by atoms with Crippen molar-refractivity contribution >= 4 is 34.7 Å². The van der Waals surface area contributed by atoms with Crippen molar-refractivity contribution in [3.8, 4) is 0 Å². The molecule has 1 saturated heterocycles. The molecule has 1 aromatic rings. The van der Waals surface area contributed by atoms with Gasteiger partial charge in [0.1, 0.15) is 5.25 Å². The standard InChI is InChI=1S/C12H15N5O2S/c1-7(2)15-9(18)6-8-10(19)16-12(20-8)17-11-13-4-3-5-14-11/h3-5,7-8H,6H2,1-2H3,(H,15,18)(H,13,14,16,17,19). The Labute approximate surface area is 120 Å². The van der Waals surface area contributed by atoms with E-state index in [9.17, 15) is 9.59 Å². The van der Waals surface area contributed by atoms with Gasteiger partial charge in [-0.15, -0.1) is 0 Å². The Bertz CT molecular complexity index is 532. The molecule has 0 radical (unpaired) electrons. The van der Waals surface area contributed by atoms with Crippen LogP contribution in [-0.2, 0) is 9.59 Å². The van der Waals surface area contributed by atoms with Crippen LogP contribution in [0.25, 0.3) is 0 Å². The molecule has 2 amide bonds. The van der Waals surface area contributed by atoms with Gasteiger partial charge in [-0.2, -0.15) is 4.99 Å². The number of aromatic nitrogens is 2. The van der Waals surface area contributed by atoms with Crippen LogP contribution in [0.2, 0.25) is 0 Å². The molecule has 2 heterocycles. The van der Waals surface area contributed by atoms with Crippen LogP contribution in [0.4, 0.5) is 5.95 Å². The van der Waals surface area contributed by atoms with Gasteiger partial charge >= 0.3 is 0 Å². The second-order valence-electron chi connectivity index (χ2n) is 4.49. The highest BCUT2D eigenvalue weighted by Crippen LogP contribution is 2.23. The molecule has 1 aliphatic heterocycles. The van der Waals surface area contributed by atoms with Crippen LogP contribution in [0, 0.1) is 0 Å². The maximum absolute atomic E-state index is 11.8. The number of nitrogens with zero attached hydrogens (tertiary/aromatic N) is 3. The van der Waals surface area contributed by atoms with Crippen LogP contribution < -0.4 is 10.6 Å². The fourth-order valence-electron chi connectivity index (χ4n) is 1.58. The molecule has 1 aromatic heterocycles. The first-order valence-corrected chi connectivity index (χ1v) is 7.05. The van der Waals surface area contributed by atoms with E-state index in [2.05, 4.69) is 25.6 Å². The van der Waals surface area contributed by atoms with Gasteiger partial charge in [-0.1, -0.05) is 11.8 Å². The minimum atomic E-state index is -0.462. The lowest BCUT2D eigenvalue weighted by Crippen LogP contribution is -2.34. The van der Waals surface area contributed by atoms with Gasteiger partial charge in [-0.3, -0.25) is 9.59 Å². The predicted octanol–water partition coefficient (Wildman–Crippen LogP) is 0.610. The minimum Gasteiger partial charge on any atom is -0.354 e. The van der Waals surface area contributed by atoms with Crippen LogP contribution in [0.15, 0.2) is 23.5 Å². The summed E-state index contributed by atoms with van der Waals surface area (Å²) in [5.41, 5.74) is 0. The molecule has 1 fully saturated rings. The molecule has 0 spiro atoms. The molecule has 2 N–H and O–H groups in total. The number of amidine groups is 1. The topological polar surface area (TPSA) is 96.3 Å². The normalized spacial score (nSPS) is 20.2. The van der Waals surface area contributed by atoms with E-state index in [1.54, 1.807) is 18.5 Å². The first-order chi connectivity index (χ1) is 9.54. The summed E-state index contributed by atoms with van der Waals surface area (Å²) in [7, 11) is 0. The molecule has 0 saturated carbocycles. The SMILES string of the molecule is CC(C)NC(=O)CC1S/C(=N\c2ncccn2)NC1=O. The summed E-state index contributed by atoms with van der Waals surface area (Å²) in [4.78, 5) is 35.4. The van der Waals surface area contributed by atoms with Gasteiger partial charge in [0.05, 0.1) is 0 Å². The Morgan fingerprint density at radius 1 is 1.50 bits per heavy atom. The highest BCUT2D eigenvalue weighted by molar-refractivity contribution is 8.15. The lowest BCUT2D eigenvalue weighted by atomic mass is 10.2. The molecule has 20 heavy (non-hydrogen) atoms. The molecule has 1 aliphatic rings. The third kappa shape index (κ3) is 4.02. The van der Waals surface area contributed by atoms with Gasteiger partial charge in [-0.25, -0.2) is 9.97 Å². The Morgan fingerprint density at radius 3 is 2.85 bits per heavy atom. The molecule has 106 valence electrons. The lowest BCUT2D eigenvalue weighted by molar-refractivity contribution is -0.125. The van der Waals surface area contributed by atoms with Crippen LogP contribution in [0.5, 0.6) is 0 Å². The number of rotatable bonds is 4. The number of carbonyl (C=O) groups is 2. The third-order valence-corrected chi connectivity index (χ3v) is 3.43. The lowest BCUT2D eigenvalue weighted by Gasteiger charge is -2.09. The summed E-state index contributed by atoms with van der Waals surface area (Å²) in [5, 5.41) is 5.34. The van der Waals surface area contributed by atoms with Crippen LogP contribution in [-0.4, -0.2) is 38.2 Å². The Hall–Kier alpha value is -1.96. The second kappa shape index (κ2) is 6.47. The van der Waals surface area contributed by atoms with E-state index < -0.39 is 5.25 Å². The van der Waals surface area contributed by atoms with Gasteiger partial charge in [0, 0.05) is 24.9 Å². The van der Waals surface area contributed by atoms with Crippen molar-refractivity contribution in [3.63, 3.8) is 0 Å². The van der Waals surface area contributed by atoms with Crippen LogP contribution in [0.1, 0.15) is 20.3 Å². The van der Waals surface area contributed by atoms with E-state index in [0.29, 0.717) is 5.17 Å². The van der Waals surface area contributed by atoms with E-state index in [0.717, 1.165) is 0 Å². The summed E-state index contributed by atoms with van der Waals surface area (Å²) in [6.45, 7) is 3.75. The zero-order valence-electron chi connectivity index (χ0n) is 11.2. The van der Waals surface area contributed by atoms with Crippen molar-refractivity contribution in [2.24, 2.45) is 4.99 Å². The Morgan fingerprint density at radius 2 is 2.20 bits per heavy atom. The fourth-order valence-corrected chi connectivity index (χ4v) is 2.55.